The lowest BCUT2D eigenvalue weighted by atomic mass is 9.78. The molecule has 0 unspecified atom stereocenters. The Labute approximate surface area is 146 Å². The molecule has 1 aromatic carbocycles. The minimum atomic E-state index is 0. The summed E-state index contributed by atoms with van der Waals surface area (Å²) in [6.45, 7) is 6.88. The van der Waals surface area contributed by atoms with Crippen LogP contribution >= 0.6 is 12.4 Å². The number of ether oxygens (including phenoxy) is 1. The summed E-state index contributed by atoms with van der Waals surface area (Å²) in [5.41, 5.74) is 1.96. The summed E-state index contributed by atoms with van der Waals surface area (Å²) in [6, 6.07) is 8.64. The molecule has 1 N–H and O–H groups in total. The first-order valence-corrected chi connectivity index (χ1v) is 8.97. The average Bonchev–Trinajstić information content (AvgIpc) is 3.31. The molecule has 2 saturated heterocycles. The van der Waals surface area contributed by atoms with E-state index in [4.69, 9.17) is 4.74 Å². The predicted octanol–water partition coefficient (Wildman–Crippen LogP) is 3.47. The maximum atomic E-state index is 6.07. The van der Waals surface area contributed by atoms with Crippen LogP contribution in [0.1, 0.15) is 37.7 Å². The van der Waals surface area contributed by atoms with Gasteiger partial charge in [-0.15, -0.1) is 12.4 Å². The number of rotatable bonds is 5. The lowest BCUT2D eigenvalue weighted by molar-refractivity contribution is 0.192. The van der Waals surface area contributed by atoms with Crippen molar-refractivity contribution in [3.05, 3.63) is 29.8 Å². The molecule has 1 saturated carbocycles. The third kappa shape index (κ3) is 4.20. The lowest BCUT2D eigenvalue weighted by Crippen LogP contribution is -2.38. The van der Waals surface area contributed by atoms with Crippen LogP contribution in [0.2, 0.25) is 0 Å². The van der Waals surface area contributed by atoms with Gasteiger partial charge in [0.1, 0.15) is 5.75 Å². The maximum Gasteiger partial charge on any atom is 0.123 e. The number of hydrogen-bond acceptors (Lipinski definition) is 3. The first-order chi connectivity index (χ1) is 10.8. The Morgan fingerprint density at radius 2 is 1.91 bits per heavy atom. The van der Waals surface area contributed by atoms with E-state index in [-0.39, 0.29) is 12.4 Å². The number of halogens is 1. The van der Waals surface area contributed by atoms with E-state index in [2.05, 4.69) is 34.5 Å². The van der Waals surface area contributed by atoms with Crippen molar-refractivity contribution >= 4 is 12.4 Å². The Hall–Kier alpha value is -0.770. The highest BCUT2D eigenvalue weighted by Crippen LogP contribution is 2.39. The van der Waals surface area contributed by atoms with E-state index in [9.17, 15) is 0 Å². The van der Waals surface area contributed by atoms with E-state index in [0.717, 1.165) is 24.8 Å². The molecule has 2 heterocycles. The summed E-state index contributed by atoms with van der Waals surface area (Å²) in [5, 5.41) is 3.50. The van der Waals surface area contributed by atoms with Gasteiger partial charge in [-0.1, -0.05) is 18.2 Å². The van der Waals surface area contributed by atoms with Gasteiger partial charge in [-0.05, 0) is 69.1 Å². The van der Waals surface area contributed by atoms with Crippen molar-refractivity contribution in [2.45, 2.75) is 38.6 Å². The molecule has 3 aliphatic rings. The minimum Gasteiger partial charge on any atom is -0.493 e. The summed E-state index contributed by atoms with van der Waals surface area (Å²) < 4.78 is 6.07. The highest BCUT2D eigenvalue weighted by molar-refractivity contribution is 5.85. The van der Waals surface area contributed by atoms with Gasteiger partial charge in [0.05, 0.1) is 6.61 Å². The summed E-state index contributed by atoms with van der Waals surface area (Å²) in [4.78, 5) is 2.64. The van der Waals surface area contributed by atoms with Crippen LogP contribution in [-0.2, 0) is 6.54 Å². The first-order valence-electron chi connectivity index (χ1n) is 8.97. The third-order valence-electron chi connectivity index (χ3n) is 5.72. The number of nitrogens with zero attached hydrogens (tertiary/aromatic N) is 1. The minimum absolute atomic E-state index is 0. The van der Waals surface area contributed by atoms with Crippen LogP contribution in [0.15, 0.2) is 24.3 Å². The van der Waals surface area contributed by atoms with E-state index < -0.39 is 0 Å². The number of hydrogen-bond donors (Lipinski definition) is 1. The Morgan fingerprint density at radius 3 is 2.70 bits per heavy atom. The second-order valence-electron chi connectivity index (χ2n) is 7.57. The van der Waals surface area contributed by atoms with Gasteiger partial charge in [0.15, 0.2) is 0 Å². The second kappa shape index (κ2) is 7.42. The molecule has 4 heteroatoms. The van der Waals surface area contributed by atoms with Crippen molar-refractivity contribution in [1.82, 2.24) is 10.2 Å². The molecule has 0 amide bonds. The smallest absolute Gasteiger partial charge is 0.123 e. The SMILES string of the molecule is Cl.c1ccc(OCC2CC2)c(CN2CCC3(CCNCC3)C2)c1. The molecule has 3 nitrogen and oxygen atoms in total. The van der Waals surface area contributed by atoms with Crippen molar-refractivity contribution in [3.63, 3.8) is 0 Å². The molecule has 1 aromatic rings. The number of nitrogens with one attached hydrogen (secondary N) is 1. The van der Waals surface area contributed by atoms with Crippen LogP contribution in [0, 0.1) is 11.3 Å². The van der Waals surface area contributed by atoms with E-state index >= 15 is 0 Å². The zero-order chi connectivity index (χ0) is 14.8. The van der Waals surface area contributed by atoms with Gasteiger partial charge in [0, 0.05) is 18.7 Å². The van der Waals surface area contributed by atoms with Crippen LogP contribution in [0.4, 0.5) is 0 Å². The fourth-order valence-corrected chi connectivity index (χ4v) is 4.04. The largest absolute Gasteiger partial charge is 0.493 e. The molecule has 1 aliphatic carbocycles. The monoisotopic (exact) mass is 336 g/mol. The lowest BCUT2D eigenvalue weighted by Gasteiger charge is -2.34. The second-order valence-corrected chi connectivity index (χ2v) is 7.57. The summed E-state index contributed by atoms with van der Waals surface area (Å²) >= 11 is 0. The van der Waals surface area contributed by atoms with E-state index in [1.807, 2.05) is 0 Å². The highest BCUT2D eigenvalue weighted by atomic mass is 35.5. The number of benzene rings is 1. The summed E-state index contributed by atoms with van der Waals surface area (Å²) in [7, 11) is 0. The van der Waals surface area contributed by atoms with Crippen LogP contribution in [0.3, 0.4) is 0 Å². The van der Waals surface area contributed by atoms with Gasteiger partial charge in [-0.25, -0.2) is 0 Å². The standard InChI is InChI=1S/C19H28N2O.ClH/c1-2-4-18(22-14-16-5-6-16)17(3-1)13-21-12-9-19(15-21)7-10-20-11-8-19;/h1-4,16,20H,5-15H2;1H. The number of piperidine rings is 1. The summed E-state index contributed by atoms with van der Waals surface area (Å²) in [6.07, 6.45) is 6.78. The normalized spacial score (nSPS) is 23.7. The Morgan fingerprint density at radius 1 is 1.13 bits per heavy atom. The predicted molar refractivity (Wildman–Crippen MR) is 96.3 cm³/mol. The van der Waals surface area contributed by atoms with E-state index in [0.29, 0.717) is 5.41 Å². The van der Waals surface area contributed by atoms with Gasteiger partial charge in [0.25, 0.3) is 0 Å². The molecular weight excluding hydrogens is 308 g/mol. The topological polar surface area (TPSA) is 24.5 Å². The number of para-hydroxylation sites is 1. The van der Waals surface area contributed by atoms with Crippen LogP contribution in [0.5, 0.6) is 5.75 Å². The molecule has 0 bridgehead atoms. The van der Waals surface area contributed by atoms with Crippen molar-refractivity contribution in [2.24, 2.45) is 11.3 Å². The van der Waals surface area contributed by atoms with Gasteiger partial charge >= 0.3 is 0 Å². The average molecular weight is 337 g/mol. The molecule has 0 aromatic heterocycles. The molecule has 0 atom stereocenters. The van der Waals surface area contributed by atoms with Crippen molar-refractivity contribution in [1.29, 1.82) is 0 Å². The van der Waals surface area contributed by atoms with Crippen LogP contribution < -0.4 is 10.1 Å². The molecule has 23 heavy (non-hydrogen) atoms. The molecule has 3 fully saturated rings. The quantitative estimate of drug-likeness (QED) is 0.891. The molecule has 128 valence electrons. The van der Waals surface area contributed by atoms with Gasteiger partial charge < -0.3 is 10.1 Å². The molecule has 1 spiro atoms. The Kier molecular flexibility index (Phi) is 5.50. The highest BCUT2D eigenvalue weighted by Gasteiger charge is 2.38. The van der Waals surface area contributed by atoms with Gasteiger partial charge in [-0.3, -0.25) is 4.90 Å². The zero-order valence-electron chi connectivity index (χ0n) is 13.9. The first kappa shape index (κ1) is 17.1. The summed E-state index contributed by atoms with van der Waals surface area (Å²) in [5.74, 6) is 1.93. The Balaban J connectivity index is 0.00000156. The fraction of sp³-hybridized carbons (Fsp3) is 0.684. The zero-order valence-corrected chi connectivity index (χ0v) is 14.7. The number of likely N-dealkylation sites (tertiary alicyclic amines) is 1. The van der Waals surface area contributed by atoms with E-state index in [1.54, 1.807) is 0 Å². The molecule has 4 rings (SSSR count). The van der Waals surface area contributed by atoms with Gasteiger partial charge in [-0.2, -0.15) is 0 Å². The van der Waals surface area contributed by atoms with Crippen molar-refractivity contribution in [3.8, 4) is 5.75 Å². The molecule has 0 radical (unpaired) electrons. The van der Waals surface area contributed by atoms with Crippen molar-refractivity contribution in [2.75, 3.05) is 32.8 Å². The fourth-order valence-electron chi connectivity index (χ4n) is 4.04. The maximum absolute atomic E-state index is 6.07. The molecular formula is C19H29ClN2O. The third-order valence-corrected chi connectivity index (χ3v) is 5.72. The van der Waals surface area contributed by atoms with Crippen LogP contribution in [-0.4, -0.2) is 37.7 Å². The Bertz CT molecular complexity index is 512. The van der Waals surface area contributed by atoms with Crippen LogP contribution in [0.25, 0.3) is 0 Å². The van der Waals surface area contributed by atoms with E-state index in [1.165, 1.54) is 63.8 Å². The van der Waals surface area contributed by atoms with Gasteiger partial charge in [0.2, 0.25) is 0 Å². The molecule has 2 aliphatic heterocycles. The van der Waals surface area contributed by atoms with Crippen molar-refractivity contribution < 1.29 is 4.74 Å².